The summed E-state index contributed by atoms with van der Waals surface area (Å²) in [5, 5.41) is 12.6. The summed E-state index contributed by atoms with van der Waals surface area (Å²) in [6, 6.07) is 9.01. The molecule has 3 heterocycles. The molecule has 1 N–H and O–H groups in total. The Bertz CT molecular complexity index is 1210. The Morgan fingerprint density at radius 3 is 2.86 bits per heavy atom. The number of rotatable bonds is 5. The van der Waals surface area contributed by atoms with Crippen LogP contribution < -0.4 is 5.32 Å². The number of aromatic nitrogens is 5. The first kappa shape index (κ1) is 19.1. The first-order chi connectivity index (χ1) is 13.9. The number of fused-ring (bicyclic) bond motifs is 1. The van der Waals surface area contributed by atoms with Crippen molar-refractivity contribution in [2.45, 2.75) is 20.3 Å². The third-order valence-electron chi connectivity index (χ3n) is 4.52. The van der Waals surface area contributed by atoms with Crippen LogP contribution in [0.4, 0.5) is 0 Å². The number of hydrogen-bond donors (Lipinski definition) is 1. The number of carbonyl (C=O) groups excluding carboxylic acids is 1. The maximum absolute atomic E-state index is 12.8. The summed E-state index contributed by atoms with van der Waals surface area (Å²) in [6.45, 7) is 4.08. The molecule has 0 saturated carbocycles. The maximum atomic E-state index is 12.8. The monoisotopic (exact) mass is 410 g/mol. The fourth-order valence-electron chi connectivity index (χ4n) is 3.23. The highest BCUT2D eigenvalue weighted by atomic mass is 35.5. The molecule has 0 aliphatic rings. The molecular formula is C20H19ClN6O2. The van der Waals surface area contributed by atoms with Crippen LogP contribution in [0.25, 0.3) is 22.4 Å². The summed E-state index contributed by atoms with van der Waals surface area (Å²) in [7, 11) is 1.82. The van der Waals surface area contributed by atoms with Crippen molar-refractivity contribution in [1.29, 1.82) is 0 Å². The summed E-state index contributed by atoms with van der Waals surface area (Å²) in [5.74, 6) is 0.714. The lowest BCUT2D eigenvalue weighted by atomic mass is 10.1. The van der Waals surface area contributed by atoms with Gasteiger partial charge in [0.25, 0.3) is 5.91 Å². The zero-order chi connectivity index (χ0) is 20.5. The lowest BCUT2D eigenvalue weighted by Crippen LogP contribution is -2.26. The Morgan fingerprint density at radius 1 is 1.24 bits per heavy atom. The average Bonchev–Trinajstić information content (AvgIpc) is 3.26. The van der Waals surface area contributed by atoms with Gasteiger partial charge in [0.05, 0.1) is 16.6 Å². The van der Waals surface area contributed by atoms with Gasteiger partial charge in [-0.3, -0.25) is 9.48 Å². The number of amides is 1. The summed E-state index contributed by atoms with van der Waals surface area (Å²) in [6.07, 6.45) is 0.415. The van der Waals surface area contributed by atoms with Crippen LogP contribution in [-0.4, -0.2) is 37.4 Å². The Morgan fingerprint density at radius 2 is 2.07 bits per heavy atom. The highest BCUT2D eigenvalue weighted by molar-refractivity contribution is 6.30. The van der Waals surface area contributed by atoms with Crippen LogP contribution in [-0.2, 0) is 13.5 Å². The van der Waals surface area contributed by atoms with Crippen molar-refractivity contribution in [3.63, 3.8) is 0 Å². The number of pyridine rings is 1. The summed E-state index contributed by atoms with van der Waals surface area (Å²) in [5.41, 5.74) is 3.55. The fraction of sp³-hybridized carbons (Fsp3) is 0.250. The molecule has 3 aromatic heterocycles. The van der Waals surface area contributed by atoms with E-state index in [0.29, 0.717) is 40.9 Å². The Kier molecular flexibility index (Phi) is 5.02. The van der Waals surface area contributed by atoms with Crippen molar-refractivity contribution in [1.82, 2.24) is 30.2 Å². The predicted molar refractivity (Wildman–Crippen MR) is 109 cm³/mol. The Hall–Kier alpha value is -3.26. The molecule has 9 heteroatoms. The molecule has 0 aliphatic carbocycles. The number of nitrogens with one attached hydrogen (secondary N) is 1. The third kappa shape index (κ3) is 3.84. The fourth-order valence-corrected chi connectivity index (χ4v) is 3.42. The van der Waals surface area contributed by atoms with Crippen LogP contribution in [0.15, 0.2) is 34.9 Å². The van der Waals surface area contributed by atoms with Gasteiger partial charge in [-0.1, -0.05) is 28.9 Å². The van der Waals surface area contributed by atoms with E-state index in [9.17, 15) is 4.79 Å². The van der Waals surface area contributed by atoms with E-state index in [2.05, 4.69) is 25.5 Å². The molecule has 0 saturated heterocycles. The Balaban J connectivity index is 1.46. The molecule has 0 unspecified atom stereocenters. The zero-order valence-corrected chi connectivity index (χ0v) is 17.0. The molecule has 0 aliphatic heterocycles. The number of nitrogens with zero attached hydrogens (tertiary/aromatic N) is 5. The normalized spacial score (nSPS) is 11.2. The lowest BCUT2D eigenvalue weighted by Gasteiger charge is -2.07. The number of aryl methyl sites for hydroxylation is 3. The van der Waals surface area contributed by atoms with Crippen LogP contribution in [0.5, 0.6) is 0 Å². The van der Waals surface area contributed by atoms with Gasteiger partial charge in [-0.05, 0) is 32.0 Å². The van der Waals surface area contributed by atoms with Gasteiger partial charge < -0.3 is 9.84 Å². The maximum Gasteiger partial charge on any atom is 0.252 e. The highest BCUT2D eigenvalue weighted by Crippen LogP contribution is 2.22. The van der Waals surface area contributed by atoms with Crippen molar-refractivity contribution in [2.24, 2.45) is 7.05 Å². The molecule has 0 spiro atoms. The SMILES string of the molecule is Cc1cc(C(=O)NCCc2nc(-c3cccc(Cl)c3)no2)c2c(C)nn(C)c2n1. The minimum atomic E-state index is -0.189. The molecule has 1 amide bonds. The van der Waals surface area contributed by atoms with E-state index in [1.807, 2.05) is 33.0 Å². The molecular weight excluding hydrogens is 392 g/mol. The van der Waals surface area contributed by atoms with E-state index in [1.54, 1.807) is 22.9 Å². The third-order valence-corrected chi connectivity index (χ3v) is 4.75. The van der Waals surface area contributed by atoms with Gasteiger partial charge in [-0.2, -0.15) is 10.1 Å². The second kappa shape index (κ2) is 7.63. The zero-order valence-electron chi connectivity index (χ0n) is 16.2. The number of carbonyl (C=O) groups is 1. The van der Waals surface area contributed by atoms with Crippen LogP contribution in [0.3, 0.4) is 0 Å². The van der Waals surface area contributed by atoms with Gasteiger partial charge in [0.15, 0.2) is 5.65 Å². The molecule has 29 heavy (non-hydrogen) atoms. The summed E-state index contributed by atoms with van der Waals surface area (Å²) < 4.78 is 6.96. The molecule has 0 radical (unpaired) electrons. The molecule has 148 valence electrons. The largest absolute Gasteiger partial charge is 0.351 e. The van der Waals surface area contributed by atoms with E-state index in [-0.39, 0.29) is 5.91 Å². The second-order valence-corrected chi connectivity index (χ2v) is 7.18. The van der Waals surface area contributed by atoms with Gasteiger partial charge >= 0.3 is 0 Å². The van der Waals surface area contributed by atoms with Crippen molar-refractivity contribution in [2.75, 3.05) is 6.54 Å². The van der Waals surface area contributed by atoms with E-state index in [1.165, 1.54) is 0 Å². The highest BCUT2D eigenvalue weighted by Gasteiger charge is 2.18. The van der Waals surface area contributed by atoms with E-state index >= 15 is 0 Å². The number of hydrogen-bond acceptors (Lipinski definition) is 6. The van der Waals surface area contributed by atoms with Gasteiger partial charge in [-0.25, -0.2) is 4.98 Å². The molecule has 0 bridgehead atoms. The van der Waals surface area contributed by atoms with Crippen LogP contribution in [0.2, 0.25) is 5.02 Å². The van der Waals surface area contributed by atoms with Crippen molar-refractivity contribution < 1.29 is 9.32 Å². The number of halogens is 1. The molecule has 1 aromatic carbocycles. The first-order valence-corrected chi connectivity index (χ1v) is 9.48. The van der Waals surface area contributed by atoms with Crippen molar-refractivity contribution in [3.8, 4) is 11.4 Å². The standard InChI is InChI=1S/C20H19ClN6O2/c1-11-9-15(17-12(2)25-27(3)19(17)23-11)20(28)22-8-7-16-24-18(26-29-16)13-5-4-6-14(21)10-13/h4-6,9-10H,7-8H2,1-3H3,(H,22,28). The first-order valence-electron chi connectivity index (χ1n) is 9.10. The van der Waals surface area contributed by atoms with E-state index < -0.39 is 0 Å². The van der Waals surface area contributed by atoms with Gasteiger partial charge in [0, 0.05) is 36.3 Å². The molecule has 8 nitrogen and oxygen atoms in total. The van der Waals surface area contributed by atoms with E-state index in [4.69, 9.17) is 16.1 Å². The smallest absolute Gasteiger partial charge is 0.252 e. The predicted octanol–water partition coefficient (Wildman–Crippen LogP) is 3.26. The molecule has 0 fully saturated rings. The van der Waals surface area contributed by atoms with Crippen molar-refractivity contribution >= 4 is 28.5 Å². The molecule has 0 atom stereocenters. The van der Waals surface area contributed by atoms with Gasteiger partial charge in [0.2, 0.25) is 11.7 Å². The minimum Gasteiger partial charge on any atom is -0.351 e. The quantitative estimate of drug-likeness (QED) is 0.542. The Labute approximate surface area is 171 Å². The van der Waals surface area contributed by atoms with Crippen LogP contribution in [0, 0.1) is 13.8 Å². The van der Waals surface area contributed by atoms with Crippen LogP contribution in [0.1, 0.15) is 27.6 Å². The van der Waals surface area contributed by atoms with Gasteiger partial charge in [0.1, 0.15) is 0 Å². The topological polar surface area (TPSA) is 98.7 Å². The van der Waals surface area contributed by atoms with Gasteiger partial charge in [-0.15, -0.1) is 0 Å². The van der Waals surface area contributed by atoms with E-state index in [0.717, 1.165) is 22.3 Å². The molecule has 4 rings (SSSR count). The van der Waals surface area contributed by atoms with Crippen molar-refractivity contribution in [3.05, 3.63) is 58.2 Å². The average molecular weight is 411 g/mol. The number of benzene rings is 1. The summed E-state index contributed by atoms with van der Waals surface area (Å²) in [4.78, 5) is 21.6. The lowest BCUT2D eigenvalue weighted by molar-refractivity contribution is 0.0955. The van der Waals surface area contributed by atoms with Crippen LogP contribution >= 0.6 is 11.6 Å². The summed E-state index contributed by atoms with van der Waals surface area (Å²) >= 11 is 6.00. The molecule has 4 aromatic rings. The second-order valence-electron chi connectivity index (χ2n) is 6.75. The minimum absolute atomic E-state index is 0.189.